The molecule has 1 aromatic heterocycles. The molecule has 0 aliphatic heterocycles. The average Bonchev–Trinajstić information content (AvgIpc) is 2.47. The van der Waals surface area contributed by atoms with Crippen molar-refractivity contribution in [2.45, 2.75) is 46.5 Å². The Morgan fingerprint density at radius 2 is 1.92 bits per heavy atom. The van der Waals surface area contributed by atoms with E-state index in [-0.39, 0.29) is 0 Å². The third-order valence-corrected chi connectivity index (χ3v) is 3.48. The molecular weight excluding hydrogens is 166 g/mol. The zero-order valence-corrected chi connectivity index (χ0v) is 9.16. The molecule has 12 heavy (non-hydrogen) atoms. The molecule has 1 aromatic rings. The minimum Gasteiger partial charge on any atom is -0.246 e. The van der Waals surface area contributed by atoms with Crippen molar-refractivity contribution in [1.82, 2.24) is 4.98 Å². The maximum Gasteiger partial charge on any atom is 0.0928 e. The molecule has 0 fully saturated rings. The first-order valence-electron chi connectivity index (χ1n) is 4.67. The molecule has 0 saturated heterocycles. The molecule has 0 saturated carbocycles. The van der Waals surface area contributed by atoms with E-state index >= 15 is 0 Å². The van der Waals surface area contributed by atoms with Gasteiger partial charge in [-0.05, 0) is 18.8 Å². The Bertz CT molecular complexity index is 250. The second kappa shape index (κ2) is 4.04. The van der Waals surface area contributed by atoms with Crippen LogP contribution in [-0.4, -0.2) is 4.98 Å². The Balaban J connectivity index is 3.00. The second-order valence-electron chi connectivity index (χ2n) is 3.28. The summed E-state index contributed by atoms with van der Waals surface area (Å²) < 4.78 is 0. The summed E-state index contributed by atoms with van der Waals surface area (Å²) in [6.45, 7) is 8.83. The van der Waals surface area contributed by atoms with Crippen LogP contribution in [0, 0.1) is 0 Å². The summed E-state index contributed by atoms with van der Waals surface area (Å²) in [5.74, 6) is 0.637. The van der Waals surface area contributed by atoms with Crippen LogP contribution in [0.3, 0.4) is 0 Å². The maximum absolute atomic E-state index is 4.59. The summed E-state index contributed by atoms with van der Waals surface area (Å²) in [6, 6.07) is 0. The van der Waals surface area contributed by atoms with Gasteiger partial charge < -0.3 is 0 Å². The van der Waals surface area contributed by atoms with E-state index in [1.807, 2.05) is 11.3 Å². The van der Waals surface area contributed by atoms with Crippen molar-refractivity contribution in [2.75, 3.05) is 0 Å². The van der Waals surface area contributed by atoms with Gasteiger partial charge in [-0.1, -0.05) is 27.7 Å². The van der Waals surface area contributed by atoms with Crippen LogP contribution in [0.2, 0.25) is 0 Å². The van der Waals surface area contributed by atoms with Crippen LogP contribution >= 0.6 is 11.3 Å². The van der Waals surface area contributed by atoms with Crippen molar-refractivity contribution in [3.63, 3.8) is 0 Å². The first kappa shape index (κ1) is 9.72. The average molecular weight is 183 g/mol. The molecule has 0 unspecified atom stereocenters. The molecular formula is C10H17NS. The van der Waals surface area contributed by atoms with E-state index < -0.39 is 0 Å². The van der Waals surface area contributed by atoms with Crippen molar-refractivity contribution in [1.29, 1.82) is 0 Å². The molecule has 0 aliphatic rings. The van der Waals surface area contributed by atoms with Crippen LogP contribution in [0.25, 0.3) is 0 Å². The lowest BCUT2D eigenvalue weighted by Gasteiger charge is -2.01. The van der Waals surface area contributed by atoms with Crippen LogP contribution < -0.4 is 0 Å². The Hall–Kier alpha value is -0.370. The van der Waals surface area contributed by atoms with E-state index in [0.717, 1.165) is 12.8 Å². The molecule has 1 rings (SSSR count). The number of rotatable bonds is 3. The summed E-state index contributed by atoms with van der Waals surface area (Å²) >= 11 is 1.88. The molecule has 0 aromatic carbocycles. The number of aryl methyl sites for hydroxylation is 2. The summed E-state index contributed by atoms with van der Waals surface area (Å²) in [5, 5.41) is 1.29. The lowest BCUT2D eigenvalue weighted by atomic mass is 10.1. The number of aromatic nitrogens is 1. The summed E-state index contributed by atoms with van der Waals surface area (Å²) in [7, 11) is 0. The Labute approximate surface area is 78.8 Å². The van der Waals surface area contributed by atoms with E-state index in [9.17, 15) is 0 Å². The Morgan fingerprint density at radius 3 is 2.25 bits per heavy atom. The highest BCUT2D eigenvalue weighted by molar-refractivity contribution is 7.11. The molecule has 0 radical (unpaired) electrons. The molecule has 0 spiro atoms. The van der Waals surface area contributed by atoms with Crippen molar-refractivity contribution in [2.24, 2.45) is 0 Å². The van der Waals surface area contributed by atoms with Gasteiger partial charge in [0.05, 0.1) is 10.7 Å². The fraction of sp³-hybridized carbons (Fsp3) is 0.700. The SMILES string of the molecule is CCc1nc(CC)c(C(C)C)s1. The van der Waals surface area contributed by atoms with Gasteiger partial charge in [-0.3, -0.25) is 0 Å². The molecule has 2 heteroatoms. The van der Waals surface area contributed by atoms with E-state index in [0.29, 0.717) is 5.92 Å². The molecule has 0 atom stereocenters. The summed E-state index contributed by atoms with van der Waals surface area (Å²) in [4.78, 5) is 6.07. The smallest absolute Gasteiger partial charge is 0.0928 e. The lowest BCUT2D eigenvalue weighted by Crippen LogP contribution is -1.90. The van der Waals surface area contributed by atoms with Gasteiger partial charge in [0.2, 0.25) is 0 Å². The van der Waals surface area contributed by atoms with Crippen LogP contribution in [0.5, 0.6) is 0 Å². The topological polar surface area (TPSA) is 12.9 Å². The molecule has 0 amide bonds. The van der Waals surface area contributed by atoms with Crippen molar-refractivity contribution in [3.05, 3.63) is 15.6 Å². The van der Waals surface area contributed by atoms with Crippen LogP contribution in [-0.2, 0) is 12.8 Å². The molecule has 1 nitrogen and oxygen atoms in total. The molecule has 68 valence electrons. The second-order valence-corrected chi connectivity index (χ2v) is 4.40. The monoisotopic (exact) mass is 183 g/mol. The standard InChI is InChI=1S/C10H17NS/c1-5-8-10(7(3)4)12-9(6-2)11-8/h7H,5-6H2,1-4H3. The summed E-state index contributed by atoms with van der Waals surface area (Å²) in [5.41, 5.74) is 1.31. The quantitative estimate of drug-likeness (QED) is 0.700. The zero-order valence-electron chi connectivity index (χ0n) is 8.35. The molecule has 0 N–H and O–H groups in total. The van der Waals surface area contributed by atoms with Gasteiger partial charge in [0.15, 0.2) is 0 Å². The number of nitrogens with zero attached hydrogens (tertiary/aromatic N) is 1. The van der Waals surface area contributed by atoms with E-state index in [4.69, 9.17) is 0 Å². The number of hydrogen-bond acceptors (Lipinski definition) is 2. The minimum atomic E-state index is 0.637. The third-order valence-electron chi connectivity index (χ3n) is 1.93. The van der Waals surface area contributed by atoms with Gasteiger partial charge in [0, 0.05) is 4.88 Å². The first-order chi connectivity index (χ1) is 5.69. The minimum absolute atomic E-state index is 0.637. The van der Waals surface area contributed by atoms with Crippen LogP contribution in [0.15, 0.2) is 0 Å². The van der Waals surface area contributed by atoms with E-state index in [1.165, 1.54) is 15.6 Å². The Morgan fingerprint density at radius 1 is 1.25 bits per heavy atom. The van der Waals surface area contributed by atoms with Gasteiger partial charge in [0.25, 0.3) is 0 Å². The van der Waals surface area contributed by atoms with Crippen LogP contribution in [0.1, 0.15) is 49.2 Å². The molecule has 1 heterocycles. The molecule has 0 bridgehead atoms. The third kappa shape index (κ3) is 1.86. The highest BCUT2D eigenvalue weighted by Crippen LogP contribution is 2.27. The normalized spacial score (nSPS) is 11.1. The fourth-order valence-electron chi connectivity index (χ4n) is 1.27. The Kier molecular flexibility index (Phi) is 3.27. The van der Waals surface area contributed by atoms with Gasteiger partial charge in [-0.2, -0.15) is 0 Å². The first-order valence-corrected chi connectivity index (χ1v) is 5.49. The van der Waals surface area contributed by atoms with Crippen molar-refractivity contribution < 1.29 is 0 Å². The van der Waals surface area contributed by atoms with Crippen molar-refractivity contribution >= 4 is 11.3 Å². The highest BCUT2D eigenvalue weighted by atomic mass is 32.1. The predicted molar refractivity (Wildman–Crippen MR) is 55.0 cm³/mol. The number of thiazole rings is 1. The van der Waals surface area contributed by atoms with Crippen molar-refractivity contribution in [3.8, 4) is 0 Å². The predicted octanol–water partition coefficient (Wildman–Crippen LogP) is 3.39. The van der Waals surface area contributed by atoms with Gasteiger partial charge in [-0.25, -0.2) is 4.98 Å². The fourth-order valence-corrected chi connectivity index (χ4v) is 2.37. The maximum atomic E-state index is 4.59. The highest BCUT2D eigenvalue weighted by Gasteiger charge is 2.10. The largest absolute Gasteiger partial charge is 0.246 e. The van der Waals surface area contributed by atoms with Crippen LogP contribution in [0.4, 0.5) is 0 Å². The summed E-state index contributed by atoms with van der Waals surface area (Å²) in [6.07, 6.45) is 2.15. The van der Waals surface area contributed by atoms with Gasteiger partial charge in [0.1, 0.15) is 0 Å². The zero-order chi connectivity index (χ0) is 9.14. The van der Waals surface area contributed by atoms with E-state index in [1.54, 1.807) is 0 Å². The molecule has 0 aliphatic carbocycles. The van der Waals surface area contributed by atoms with Gasteiger partial charge >= 0.3 is 0 Å². The number of hydrogen-bond donors (Lipinski definition) is 0. The van der Waals surface area contributed by atoms with E-state index in [2.05, 4.69) is 32.7 Å². The lowest BCUT2D eigenvalue weighted by molar-refractivity contribution is 0.853. The van der Waals surface area contributed by atoms with Gasteiger partial charge in [-0.15, -0.1) is 11.3 Å².